The van der Waals surface area contributed by atoms with Gasteiger partial charge in [0, 0.05) is 5.56 Å². The molecule has 104 valence electrons. The molecule has 1 aromatic heterocycles. The summed E-state index contributed by atoms with van der Waals surface area (Å²) in [5.41, 5.74) is 0.0205. The Hall–Kier alpha value is -2.28. The van der Waals surface area contributed by atoms with E-state index in [0.29, 0.717) is 12.4 Å². The summed E-state index contributed by atoms with van der Waals surface area (Å²) < 4.78 is 24.8. The summed E-state index contributed by atoms with van der Waals surface area (Å²) in [5.74, 6) is -1.47. The van der Waals surface area contributed by atoms with Gasteiger partial charge in [-0.3, -0.25) is 5.10 Å². The van der Waals surface area contributed by atoms with E-state index in [1.165, 1.54) is 12.1 Å². The molecule has 2 N–H and O–H groups in total. The van der Waals surface area contributed by atoms with Crippen molar-refractivity contribution in [1.29, 1.82) is 0 Å². The molecule has 1 aromatic carbocycles. The zero-order chi connectivity index (χ0) is 14.3. The molecule has 0 spiro atoms. The highest BCUT2D eigenvalue weighted by Crippen LogP contribution is 2.43. The molecule has 2 heterocycles. The van der Waals surface area contributed by atoms with E-state index in [0.717, 1.165) is 0 Å². The van der Waals surface area contributed by atoms with Crippen molar-refractivity contribution in [2.24, 2.45) is 0 Å². The molecule has 0 saturated carbocycles. The minimum Gasteiger partial charge on any atom is -0.486 e. The van der Waals surface area contributed by atoms with Crippen molar-refractivity contribution in [3.63, 3.8) is 0 Å². The van der Waals surface area contributed by atoms with E-state index in [9.17, 15) is 9.18 Å². The lowest BCUT2D eigenvalue weighted by Crippen LogP contribution is -2.16. The minimum absolute atomic E-state index is 0.0444. The average Bonchev–Trinajstić information content (AvgIpc) is 2.92. The Morgan fingerprint density at radius 3 is 2.85 bits per heavy atom. The lowest BCUT2D eigenvalue weighted by atomic mass is 10.1. The van der Waals surface area contributed by atoms with Crippen LogP contribution < -0.4 is 9.47 Å². The number of carboxylic acids is 1. The van der Waals surface area contributed by atoms with Gasteiger partial charge in [-0.25, -0.2) is 9.18 Å². The molecule has 2 aromatic rings. The fourth-order valence-corrected chi connectivity index (χ4v) is 2.13. The van der Waals surface area contributed by atoms with Crippen LogP contribution in [0.25, 0.3) is 11.3 Å². The molecule has 0 unspecified atom stereocenters. The number of carboxylic acid groups (broad SMARTS) is 1. The van der Waals surface area contributed by atoms with Crippen LogP contribution in [0.3, 0.4) is 0 Å². The number of fused-ring (bicyclic) bond motifs is 1. The van der Waals surface area contributed by atoms with E-state index >= 15 is 0 Å². The zero-order valence-corrected chi connectivity index (χ0v) is 10.7. The van der Waals surface area contributed by atoms with Crippen molar-refractivity contribution in [1.82, 2.24) is 10.2 Å². The van der Waals surface area contributed by atoms with Gasteiger partial charge in [-0.05, 0) is 12.1 Å². The van der Waals surface area contributed by atoms with Gasteiger partial charge in [0.2, 0.25) is 0 Å². The molecular weight excluding hydrogens is 291 g/mol. The van der Waals surface area contributed by atoms with E-state index in [-0.39, 0.29) is 34.3 Å². The van der Waals surface area contributed by atoms with Gasteiger partial charge < -0.3 is 14.6 Å². The van der Waals surface area contributed by atoms with Crippen LogP contribution in [0, 0.1) is 5.82 Å². The number of rotatable bonds is 2. The number of ether oxygens (including phenoxy) is 2. The first-order chi connectivity index (χ1) is 9.58. The molecule has 1 aliphatic rings. The lowest BCUT2D eigenvalue weighted by Gasteiger charge is -2.20. The maximum atomic E-state index is 14.2. The molecule has 0 saturated heterocycles. The predicted octanol–water partition coefficient (Wildman–Crippen LogP) is 2.34. The molecule has 1 aliphatic heterocycles. The summed E-state index contributed by atoms with van der Waals surface area (Å²) in [6.45, 7) is 0.617. The lowest BCUT2D eigenvalue weighted by molar-refractivity contribution is 0.0690. The second kappa shape index (κ2) is 4.68. The third kappa shape index (κ3) is 1.96. The fourth-order valence-electron chi connectivity index (χ4n) is 1.88. The van der Waals surface area contributed by atoms with Crippen molar-refractivity contribution < 1.29 is 23.8 Å². The van der Waals surface area contributed by atoms with Gasteiger partial charge in [-0.1, -0.05) is 11.6 Å². The van der Waals surface area contributed by atoms with Gasteiger partial charge in [0.25, 0.3) is 0 Å². The number of hydrogen-bond donors (Lipinski definition) is 2. The molecule has 0 bridgehead atoms. The number of nitrogens with one attached hydrogen (secondary N) is 1. The van der Waals surface area contributed by atoms with E-state index < -0.39 is 11.8 Å². The molecule has 0 amide bonds. The molecule has 3 rings (SSSR count). The van der Waals surface area contributed by atoms with Crippen LogP contribution in [0.5, 0.6) is 11.5 Å². The highest BCUT2D eigenvalue weighted by Gasteiger charge is 2.24. The van der Waals surface area contributed by atoms with Gasteiger partial charge >= 0.3 is 5.97 Å². The zero-order valence-electron chi connectivity index (χ0n) is 9.94. The topological polar surface area (TPSA) is 84.4 Å². The van der Waals surface area contributed by atoms with Crippen LogP contribution in [-0.4, -0.2) is 34.5 Å². The number of benzene rings is 1. The van der Waals surface area contributed by atoms with E-state index in [2.05, 4.69) is 10.2 Å². The summed E-state index contributed by atoms with van der Waals surface area (Å²) in [6.07, 6.45) is 0. The van der Waals surface area contributed by atoms with Crippen LogP contribution in [0.2, 0.25) is 5.02 Å². The number of aromatic carboxylic acids is 1. The summed E-state index contributed by atoms with van der Waals surface area (Å²) in [6, 6.07) is 2.60. The molecule has 0 fully saturated rings. The van der Waals surface area contributed by atoms with E-state index in [1.807, 2.05) is 0 Å². The van der Waals surface area contributed by atoms with Crippen LogP contribution in [0.4, 0.5) is 4.39 Å². The highest BCUT2D eigenvalue weighted by molar-refractivity contribution is 6.32. The summed E-state index contributed by atoms with van der Waals surface area (Å²) in [7, 11) is 0. The van der Waals surface area contributed by atoms with Crippen LogP contribution >= 0.6 is 11.6 Å². The van der Waals surface area contributed by atoms with Crippen molar-refractivity contribution in [2.75, 3.05) is 13.2 Å². The standard InChI is InChI=1S/C12H8ClFN2O4/c13-9-10(14)5(3-8-11(9)20-2-1-19-8)6-4-7(12(17)18)16-15-6/h3-4H,1-2H2,(H,15,16)(H,17,18). The maximum Gasteiger partial charge on any atom is 0.353 e. The number of halogens is 2. The Kier molecular flexibility index (Phi) is 2.98. The van der Waals surface area contributed by atoms with Crippen LogP contribution in [0.1, 0.15) is 10.5 Å². The SMILES string of the molecule is O=C(O)c1cc(-c2cc3c(c(Cl)c2F)OCCO3)n[nH]1. The third-order valence-corrected chi connectivity index (χ3v) is 3.14. The van der Waals surface area contributed by atoms with E-state index in [1.54, 1.807) is 0 Å². The Morgan fingerprint density at radius 1 is 1.40 bits per heavy atom. The average molecular weight is 299 g/mol. The Bertz CT molecular complexity index is 701. The van der Waals surface area contributed by atoms with Gasteiger partial charge in [-0.15, -0.1) is 0 Å². The third-order valence-electron chi connectivity index (χ3n) is 2.80. The summed E-state index contributed by atoms with van der Waals surface area (Å²) >= 11 is 5.90. The molecule has 20 heavy (non-hydrogen) atoms. The molecule has 6 nitrogen and oxygen atoms in total. The number of hydrogen-bond acceptors (Lipinski definition) is 4. The fraction of sp³-hybridized carbons (Fsp3) is 0.167. The molecule has 0 atom stereocenters. The normalized spacial score (nSPS) is 13.3. The van der Waals surface area contributed by atoms with Crippen molar-refractivity contribution in [3.8, 4) is 22.8 Å². The Balaban J connectivity index is 2.13. The first-order valence-corrected chi connectivity index (χ1v) is 6.02. The first-order valence-electron chi connectivity index (χ1n) is 5.64. The number of aromatic amines is 1. The van der Waals surface area contributed by atoms with E-state index in [4.69, 9.17) is 26.2 Å². The van der Waals surface area contributed by atoms with Gasteiger partial charge in [-0.2, -0.15) is 5.10 Å². The van der Waals surface area contributed by atoms with Gasteiger partial charge in [0.05, 0.1) is 5.69 Å². The maximum absolute atomic E-state index is 14.2. The van der Waals surface area contributed by atoms with Crippen LogP contribution in [0.15, 0.2) is 12.1 Å². The summed E-state index contributed by atoms with van der Waals surface area (Å²) in [4.78, 5) is 10.8. The quantitative estimate of drug-likeness (QED) is 0.889. The molecule has 8 heteroatoms. The number of carbonyl (C=O) groups is 1. The van der Waals surface area contributed by atoms with Crippen LogP contribution in [-0.2, 0) is 0 Å². The summed E-state index contributed by atoms with van der Waals surface area (Å²) in [5, 5.41) is 14.7. The second-order valence-corrected chi connectivity index (χ2v) is 4.43. The smallest absolute Gasteiger partial charge is 0.353 e. The highest BCUT2D eigenvalue weighted by atomic mass is 35.5. The predicted molar refractivity (Wildman–Crippen MR) is 66.9 cm³/mol. The number of aromatic nitrogens is 2. The molecular formula is C12H8ClFN2O4. The largest absolute Gasteiger partial charge is 0.486 e. The molecule has 0 aliphatic carbocycles. The van der Waals surface area contributed by atoms with Gasteiger partial charge in [0.1, 0.15) is 23.9 Å². The minimum atomic E-state index is -1.19. The first kappa shape index (κ1) is 12.7. The molecule has 0 radical (unpaired) electrons. The van der Waals surface area contributed by atoms with Crippen molar-refractivity contribution >= 4 is 17.6 Å². The van der Waals surface area contributed by atoms with Crippen molar-refractivity contribution in [3.05, 3.63) is 28.7 Å². The Morgan fingerprint density at radius 2 is 2.15 bits per heavy atom. The monoisotopic (exact) mass is 298 g/mol. The van der Waals surface area contributed by atoms with Gasteiger partial charge in [0.15, 0.2) is 17.3 Å². The second-order valence-electron chi connectivity index (χ2n) is 4.05. The number of nitrogens with zero attached hydrogens (tertiary/aromatic N) is 1. The number of H-pyrrole nitrogens is 1. The van der Waals surface area contributed by atoms with Crippen molar-refractivity contribution in [2.45, 2.75) is 0 Å². The Labute approximate surface area is 117 Å².